The number of rotatable bonds is 4. The normalized spacial score (nSPS) is 12.4. The van der Waals surface area contributed by atoms with Gasteiger partial charge in [0.2, 0.25) is 11.7 Å². The summed E-state index contributed by atoms with van der Waals surface area (Å²) in [6, 6.07) is 4.58. The zero-order chi connectivity index (χ0) is 13.1. The Labute approximate surface area is 104 Å². The number of nitrogens with zero attached hydrogens (tertiary/aromatic N) is 2. The highest BCUT2D eigenvalue weighted by atomic mass is 16.5. The van der Waals surface area contributed by atoms with E-state index >= 15 is 0 Å². The first kappa shape index (κ1) is 12.4. The molecule has 6 nitrogen and oxygen atoms in total. The van der Waals surface area contributed by atoms with E-state index in [2.05, 4.69) is 10.1 Å². The van der Waals surface area contributed by atoms with Gasteiger partial charge in [-0.3, -0.25) is 0 Å². The van der Waals surface area contributed by atoms with E-state index in [4.69, 9.17) is 15.0 Å². The third-order valence-electron chi connectivity index (χ3n) is 2.64. The SMILES string of the molecule is CC[C@@H](N)c1nc(-c2ccc(O)c(OC)c2)no1. The number of ether oxygens (including phenoxy) is 1. The fraction of sp³-hybridized carbons (Fsp3) is 0.333. The molecule has 0 aliphatic heterocycles. The van der Waals surface area contributed by atoms with Crippen LogP contribution in [-0.4, -0.2) is 22.4 Å². The Morgan fingerprint density at radius 1 is 1.50 bits per heavy atom. The van der Waals surface area contributed by atoms with Crippen LogP contribution in [-0.2, 0) is 0 Å². The number of methoxy groups -OCH3 is 1. The highest BCUT2D eigenvalue weighted by molar-refractivity contribution is 5.60. The summed E-state index contributed by atoms with van der Waals surface area (Å²) in [5.41, 5.74) is 6.50. The van der Waals surface area contributed by atoms with Gasteiger partial charge in [-0.15, -0.1) is 0 Å². The average molecular weight is 249 g/mol. The minimum Gasteiger partial charge on any atom is -0.504 e. The lowest BCUT2D eigenvalue weighted by Gasteiger charge is -2.03. The molecular weight excluding hydrogens is 234 g/mol. The van der Waals surface area contributed by atoms with E-state index in [9.17, 15) is 5.11 Å². The van der Waals surface area contributed by atoms with Gasteiger partial charge in [-0.25, -0.2) is 0 Å². The number of nitrogens with two attached hydrogens (primary N) is 1. The topological polar surface area (TPSA) is 94.4 Å². The predicted molar refractivity (Wildman–Crippen MR) is 65.2 cm³/mol. The molecule has 2 rings (SSSR count). The first-order valence-electron chi connectivity index (χ1n) is 5.62. The largest absolute Gasteiger partial charge is 0.504 e. The first-order chi connectivity index (χ1) is 8.65. The van der Waals surface area contributed by atoms with Crippen molar-refractivity contribution >= 4 is 0 Å². The Balaban J connectivity index is 2.34. The Hall–Kier alpha value is -2.08. The number of hydrogen-bond donors (Lipinski definition) is 2. The van der Waals surface area contributed by atoms with Crippen LogP contribution in [0.4, 0.5) is 0 Å². The van der Waals surface area contributed by atoms with Gasteiger partial charge < -0.3 is 20.1 Å². The van der Waals surface area contributed by atoms with Crippen LogP contribution in [0, 0.1) is 0 Å². The number of aromatic nitrogens is 2. The van der Waals surface area contributed by atoms with Crippen LogP contribution in [0.3, 0.4) is 0 Å². The van der Waals surface area contributed by atoms with E-state index in [0.29, 0.717) is 23.0 Å². The summed E-state index contributed by atoms with van der Waals surface area (Å²) < 4.78 is 10.1. The Bertz CT molecular complexity index is 539. The maximum atomic E-state index is 9.50. The monoisotopic (exact) mass is 249 g/mol. The minimum absolute atomic E-state index is 0.0650. The number of phenolic OH excluding ortho intramolecular Hbond substituents is 1. The lowest BCUT2D eigenvalue weighted by molar-refractivity contribution is 0.352. The molecule has 0 spiro atoms. The molecule has 18 heavy (non-hydrogen) atoms. The van der Waals surface area contributed by atoms with Crippen molar-refractivity contribution < 1.29 is 14.4 Å². The van der Waals surface area contributed by atoms with Crippen LogP contribution in [0.5, 0.6) is 11.5 Å². The average Bonchev–Trinajstić information content (AvgIpc) is 2.88. The minimum atomic E-state index is -0.259. The molecule has 1 aromatic carbocycles. The zero-order valence-electron chi connectivity index (χ0n) is 10.3. The van der Waals surface area contributed by atoms with Gasteiger partial charge >= 0.3 is 0 Å². The van der Waals surface area contributed by atoms with Crippen LogP contribution in [0.15, 0.2) is 22.7 Å². The molecule has 0 radical (unpaired) electrons. The molecule has 0 amide bonds. The van der Waals surface area contributed by atoms with E-state index in [1.54, 1.807) is 12.1 Å². The molecule has 0 unspecified atom stereocenters. The van der Waals surface area contributed by atoms with Gasteiger partial charge in [0, 0.05) is 5.56 Å². The summed E-state index contributed by atoms with van der Waals surface area (Å²) in [7, 11) is 1.48. The second-order valence-electron chi connectivity index (χ2n) is 3.86. The van der Waals surface area contributed by atoms with Gasteiger partial charge in [0.15, 0.2) is 11.5 Å². The number of phenols is 1. The number of hydrogen-bond acceptors (Lipinski definition) is 6. The lowest BCUT2D eigenvalue weighted by atomic mass is 10.2. The lowest BCUT2D eigenvalue weighted by Crippen LogP contribution is -2.08. The van der Waals surface area contributed by atoms with Gasteiger partial charge in [0.1, 0.15) is 0 Å². The maximum absolute atomic E-state index is 9.50. The smallest absolute Gasteiger partial charge is 0.243 e. The van der Waals surface area contributed by atoms with Crippen molar-refractivity contribution in [2.24, 2.45) is 5.73 Å². The zero-order valence-corrected chi connectivity index (χ0v) is 10.3. The van der Waals surface area contributed by atoms with Gasteiger partial charge in [-0.05, 0) is 24.6 Å². The van der Waals surface area contributed by atoms with E-state index < -0.39 is 0 Å². The molecule has 0 aliphatic rings. The second kappa shape index (κ2) is 5.05. The molecular formula is C12H15N3O3. The molecule has 2 aromatic rings. The predicted octanol–water partition coefficient (Wildman–Crippen LogP) is 1.86. The van der Waals surface area contributed by atoms with Crippen molar-refractivity contribution in [1.29, 1.82) is 0 Å². The van der Waals surface area contributed by atoms with Crippen molar-refractivity contribution in [2.75, 3.05) is 7.11 Å². The first-order valence-corrected chi connectivity index (χ1v) is 5.62. The van der Waals surface area contributed by atoms with Crippen LogP contribution in [0.2, 0.25) is 0 Å². The van der Waals surface area contributed by atoms with E-state index in [1.807, 2.05) is 6.92 Å². The summed E-state index contributed by atoms with van der Waals surface area (Å²) in [4.78, 5) is 4.22. The van der Waals surface area contributed by atoms with Crippen molar-refractivity contribution in [3.05, 3.63) is 24.1 Å². The molecule has 0 aliphatic carbocycles. The molecule has 0 saturated carbocycles. The molecule has 0 bridgehead atoms. The fourth-order valence-corrected chi connectivity index (χ4v) is 1.49. The van der Waals surface area contributed by atoms with Crippen LogP contribution in [0.25, 0.3) is 11.4 Å². The van der Waals surface area contributed by atoms with Gasteiger partial charge in [-0.2, -0.15) is 4.98 Å². The molecule has 0 saturated heterocycles. The Morgan fingerprint density at radius 2 is 2.28 bits per heavy atom. The molecule has 6 heteroatoms. The summed E-state index contributed by atoms with van der Waals surface area (Å²) >= 11 is 0. The highest BCUT2D eigenvalue weighted by Gasteiger charge is 2.15. The third-order valence-corrected chi connectivity index (χ3v) is 2.64. The summed E-state index contributed by atoms with van der Waals surface area (Å²) in [6.45, 7) is 1.94. The summed E-state index contributed by atoms with van der Waals surface area (Å²) in [6.07, 6.45) is 0.723. The van der Waals surface area contributed by atoms with E-state index in [0.717, 1.165) is 6.42 Å². The van der Waals surface area contributed by atoms with E-state index in [-0.39, 0.29) is 11.8 Å². The highest BCUT2D eigenvalue weighted by Crippen LogP contribution is 2.30. The number of benzene rings is 1. The van der Waals surface area contributed by atoms with Crippen molar-refractivity contribution in [1.82, 2.24) is 10.1 Å². The third kappa shape index (κ3) is 2.28. The van der Waals surface area contributed by atoms with Crippen LogP contribution in [0.1, 0.15) is 25.3 Å². The molecule has 1 heterocycles. The van der Waals surface area contributed by atoms with E-state index in [1.165, 1.54) is 13.2 Å². The van der Waals surface area contributed by atoms with Crippen molar-refractivity contribution in [3.63, 3.8) is 0 Å². The van der Waals surface area contributed by atoms with Crippen molar-refractivity contribution in [2.45, 2.75) is 19.4 Å². The Kier molecular flexibility index (Phi) is 3.47. The molecule has 1 aromatic heterocycles. The van der Waals surface area contributed by atoms with Gasteiger partial charge in [0.25, 0.3) is 0 Å². The number of aromatic hydroxyl groups is 1. The summed E-state index contributed by atoms with van der Waals surface area (Å²) in [5, 5.41) is 13.4. The molecule has 3 N–H and O–H groups in total. The molecule has 0 fully saturated rings. The quantitative estimate of drug-likeness (QED) is 0.858. The standard InChI is InChI=1S/C12H15N3O3/c1-3-8(13)12-14-11(15-18-12)7-4-5-9(16)10(6-7)17-2/h4-6,8,16H,3,13H2,1-2H3/t8-/m1/s1. The Morgan fingerprint density at radius 3 is 2.94 bits per heavy atom. The second-order valence-corrected chi connectivity index (χ2v) is 3.86. The fourth-order valence-electron chi connectivity index (χ4n) is 1.49. The maximum Gasteiger partial charge on any atom is 0.243 e. The molecule has 96 valence electrons. The van der Waals surface area contributed by atoms with Crippen molar-refractivity contribution in [3.8, 4) is 22.9 Å². The van der Waals surface area contributed by atoms with Crippen LogP contribution < -0.4 is 10.5 Å². The van der Waals surface area contributed by atoms with Gasteiger partial charge in [-0.1, -0.05) is 12.1 Å². The van der Waals surface area contributed by atoms with Crippen LogP contribution >= 0.6 is 0 Å². The summed E-state index contributed by atoms with van der Waals surface area (Å²) in [5.74, 6) is 1.25. The molecule has 1 atom stereocenters. The van der Waals surface area contributed by atoms with Gasteiger partial charge in [0.05, 0.1) is 13.2 Å².